The Morgan fingerprint density at radius 2 is 1.52 bits per heavy atom. The summed E-state index contributed by atoms with van der Waals surface area (Å²) < 4.78 is 11.0. The number of aliphatic hydroxyl groups is 1. The molecule has 0 radical (unpaired) electrons. The summed E-state index contributed by atoms with van der Waals surface area (Å²) >= 11 is 18.9. The summed E-state index contributed by atoms with van der Waals surface area (Å²) in [7, 11) is 0. The van der Waals surface area contributed by atoms with Crippen molar-refractivity contribution in [1.29, 1.82) is 0 Å². The van der Waals surface area contributed by atoms with Gasteiger partial charge in [-0.2, -0.15) is 0 Å². The first kappa shape index (κ1) is 30.9. The Kier molecular flexibility index (Phi) is 10.5. The molecule has 0 aromatic heterocycles. The Balaban J connectivity index is 1.34. The van der Waals surface area contributed by atoms with E-state index < -0.39 is 16.0 Å². The molecule has 0 bridgehead atoms. The third kappa shape index (κ3) is 8.08. The van der Waals surface area contributed by atoms with Crippen LogP contribution < -0.4 is 5.32 Å². The number of hydrogen-bond acceptors (Lipinski definition) is 5. The van der Waals surface area contributed by atoms with Crippen LogP contribution in [0.15, 0.2) is 108 Å². The van der Waals surface area contributed by atoms with Gasteiger partial charge in [0, 0.05) is 29.2 Å². The van der Waals surface area contributed by atoms with Crippen LogP contribution in [0.3, 0.4) is 0 Å². The SMILES string of the molecule is O=C(NCc1ccccc1-c1ccc([C@@H]2O[C@H](CSc3ccccc3)C[C@H](c3ccc(CO)cc3)O2)cc1)C(Cl)(Cl)Cl. The van der Waals surface area contributed by atoms with Crippen molar-refractivity contribution >= 4 is 52.5 Å². The maximum atomic E-state index is 12.1. The van der Waals surface area contributed by atoms with Crippen LogP contribution in [0.1, 0.15) is 41.1 Å². The predicted molar refractivity (Wildman–Crippen MR) is 170 cm³/mol. The van der Waals surface area contributed by atoms with Crippen molar-refractivity contribution in [3.8, 4) is 11.1 Å². The third-order valence-corrected chi connectivity index (χ3v) is 8.66. The van der Waals surface area contributed by atoms with Crippen molar-refractivity contribution < 1.29 is 19.4 Å². The molecule has 1 saturated heterocycles. The predicted octanol–water partition coefficient (Wildman–Crippen LogP) is 8.17. The number of thioether (sulfide) groups is 1. The van der Waals surface area contributed by atoms with E-state index in [4.69, 9.17) is 44.3 Å². The minimum atomic E-state index is -2.02. The molecule has 0 unspecified atom stereocenters. The van der Waals surface area contributed by atoms with Gasteiger partial charge >= 0.3 is 0 Å². The second kappa shape index (κ2) is 14.3. The molecule has 0 saturated carbocycles. The molecular weight excluding hydrogens is 613 g/mol. The van der Waals surface area contributed by atoms with E-state index in [1.807, 2.05) is 91.0 Å². The summed E-state index contributed by atoms with van der Waals surface area (Å²) in [5.74, 6) is 0.116. The van der Waals surface area contributed by atoms with E-state index in [1.54, 1.807) is 11.8 Å². The molecule has 3 atom stereocenters. The maximum Gasteiger partial charge on any atom is 0.272 e. The highest BCUT2D eigenvalue weighted by molar-refractivity contribution is 7.99. The van der Waals surface area contributed by atoms with Crippen LogP contribution in [-0.2, 0) is 27.4 Å². The Bertz CT molecular complexity index is 1460. The Labute approximate surface area is 265 Å². The maximum absolute atomic E-state index is 12.1. The van der Waals surface area contributed by atoms with Crippen LogP contribution in [0.5, 0.6) is 0 Å². The Morgan fingerprint density at radius 3 is 2.21 bits per heavy atom. The number of aliphatic hydroxyl groups excluding tert-OH is 1. The van der Waals surface area contributed by atoms with Crippen LogP contribution in [0.2, 0.25) is 0 Å². The molecular formula is C33H30Cl3NO4S. The molecule has 0 aliphatic carbocycles. The molecule has 0 spiro atoms. The fourth-order valence-electron chi connectivity index (χ4n) is 4.78. The van der Waals surface area contributed by atoms with Gasteiger partial charge in [0.05, 0.1) is 18.8 Å². The van der Waals surface area contributed by atoms with Crippen LogP contribution in [0.25, 0.3) is 11.1 Å². The smallest absolute Gasteiger partial charge is 0.272 e. The number of halogens is 3. The molecule has 1 fully saturated rings. The van der Waals surface area contributed by atoms with Crippen LogP contribution >= 0.6 is 46.6 Å². The molecule has 4 aromatic carbocycles. The number of amides is 1. The van der Waals surface area contributed by atoms with Gasteiger partial charge in [-0.25, -0.2) is 0 Å². The Hall–Kier alpha value is -2.55. The number of rotatable bonds is 9. The normalized spacial score (nSPS) is 18.9. The molecule has 2 N–H and O–H groups in total. The van der Waals surface area contributed by atoms with Crippen molar-refractivity contribution in [2.24, 2.45) is 0 Å². The first-order chi connectivity index (χ1) is 20.3. The lowest BCUT2D eigenvalue weighted by molar-refractivity contribution is -0.245. The molecule has 218 valence electrons. The van der Waals surface area contributed by atoms with Gasteiger partial charge in [-0.05, 0) is 39.9 Å². The fraction of sp³-hybridized carbons (Fsp3) is 0.242. The number of hydrogen-bond donors (Lipinski definition) is 2. The molecule has 1 amide bonds. The topological polar surface area (TPSA) is 67.8 Å². The van der Waals surface area contributed by atoms with Crippen molar-refractivity contribution in [3.05, 3.63) is 125 Å². The zero-order chi connectivity index (χ0) is 29.5. The van der Waals surface area contributed by atoms with Gasteiger partial charge in [-0.15, -0.1) is 11.8 Å². The van der Waals surface area contributed by atoms with Gasteiger partial charge in [0.15, 0.2) is 6.29 Å². The van der Waals surface area contributed by atoms with E-state index in [2.05, 4.69) is 17.4 Å². The first-order valence-corrected chi connectivity index (χ1v) is 15.6. The average molecular weight is 643 g/mol. The van der Waals surface area contributed by atoms with Crippen molar-refractivity contribution in [1.82, 2.24) is 5.32 Å². The molecule has 5 rings (SSSR count). The summed E-state index contributed by atoms with van der Waals surface area (Å²) in [6.45, 7) is 0.222. The highest BCUT2D eigenvalue weighted by Gasteiger charge is 2.32. The third-order valence-electron chi connectivity index (χ3n) is 7.00. The van der Waals surface area contributed by atoms with Crippen LogP contribution in [-0.4, -0.2) is 26.7 Å². The molecule has 1 heterocycles. The monoisotopic (exact) mass is 641 g/mol. The van der Waals surface area contributed by atoms with Crippen molar-refractivity contribution in [2.75, 3.05) is 5.75 Å². The zero-order valence-corrected chi connectivity index (χ0v) is 25.7. The van der Waals surface area contributed by atoms with Gasteiger partial charge in [0.1, 0.15) is 0 Å². The van der Waals surface area contributed by atoms with Crippen molar-refractivity contribution in [2.45, 2.75) is 46.8 Å². The Morgan fingerprint density at radius 1 is 0.857 bits per heavy atom. The zero-order valence-electron chi connectivity index (χ0n) is 22.6. The molecule has 42 heavy (non-hydrogen) atoms. The standard InChI is InChI=1S/C33H30Cl3NO4S/c34-33(35,36)32(39)37-19-26-6-4-5-9-29(26)23-14-16-25(17-15-23)31-40-27(21-42-28-7-2-1-3-8-28)18-30(41-31)24-12-10-22(20-38)11-13-24/h1-17,27,30-31,38H,18-21H2,(H,37,39)/t27-,30+,31+/m0/s1. The summed E-state index contributed by atoms with van der Waals surface area (Å²) in [6.07, 6.45) is -0.00564. The van der Waals surface area contributed by atoms with Gasteiger partial charge < -0.3 is 19.9 Å². The van der Waals surface area contributed by atoms with Crippen molar-refractivity contribution in [3.63, 3.8) is 0 Å². The minimum absolute atomic E-state index is 0.00261. The number of ether oxygens (including phenoxy) is 2. The van der Waals surface area contributed by atoms with E-state index in [0.29, 0.717) is 0 Å². The lowest BCUT2D eigenvalue weighted by Gasteiger charge is -2.36. The highest BCUT2D eigenvalue weighted by Crippen LogP contribution is 2.40. The van der Waals surface area contributed by atoms with E-state index in [-0.39, 0.29) is 25.4 Å². The van der Waals surface area contributed by atoms with Gasteiger partial charge in [-0.1, -0.05) is 126 Å². The summed E-state index contributed by atoms with van der Waals surface area (Å²) in [6, 6.07) is 34.0. The number of carbonyl (C=O) groups excluding carboxylic acids is 1. The highest BCUT2D eigenvalue weighted by atomic mass is 35.6. The average Bonchev–Trinajstić information content (AvgIpc) is 3.03. The number of nitrogens with one attached hydrogen (secondary N) is 1. The first-order valence-electron chi connectivity index (χ1n) is 13.5. The van der Waals surface area contributed by atoms with Crippen LogP contribution in [0, 0.1) is 0 Å². The number of carbonyl (C=O) groups is 1. The molecule has 9 heteroatoms. The van der Waals surface area contributed by atoms with E-state index >= 15 is 0 Å². The largest absolute Gasteiger partial charge is 0.392 e. The quantitative estimate of drug-likeness (QED) is 0.142. The molecule has 1 aliphatic rings. The van der Waals surface area contributed by atoms with Crippen LogP contribution in [0.4, 0.5) is 0 Å². The lowest BCUT2D eigenvalue weighted by Crippen LogP contribution is -2.34. The summed E-state index contributed by atoms with van der Waals surface area (Å²) in [5, 5.41) is 12.1. The fourth-order valence-corrected chi connectivity index (χ4v) is 5.92. The van der Waals surface area contributed by atoms with E-state index in [9.17, 15) is 9.90 Å². The summed E-state index contributed by atoms with van der Waals surface area (Å²) in [5.41, 5.74) is 5.65. The molecule has 4 aromatic rings. The minimum Gasteiger partial charge on any atom is -0.392 e. The van der Waals surface area contributed by atoms with Gasteiger partial charge in [0.25, 0.3) is 9.70 Å². The van der Waals surface area contributed by atoms with Gasteiger partial charge in [0.2, 0.25) is 0 Å². The number of alkyl halides is 3. The second-order valence-electron chi connectivity index (χ2n) is 9.93. The van der Waals surface area contributed by atoms with Gasteiger partial charge in [-0.3, -0.25) is 4.79 Å². The summed E-state index contributed by atoms with van der Waals surface area (Å²) in [4.78, 5) is 13.3. The van der Waals surface area contributed by atoms with E-state index in [0.717, 1.165) is 45.6 Å². The van der Waals surface area contributed by atoms with E-state index in [1.165, 1.54) is 4.90 Å². The number of benzene rings is 4. The lowest BCUT2D eigenvalue weighted by atomic mass is 9.98. The molecule has 1 aliphatic heterocycles. The second-order valence-corrected chi connectivity index (χ2v) is 13.3. The molecule has 5 nitrogen and oxygen atoms in total.